The number of carbonyl (C=O) groups excluding carboxylic acids is 2. The third kappa shape index (κ3) is 12.2. The first kappa shape index (κ1) is 22.0. The fourth-order valence-corrected chi connectivity index (χ4v) is 1.24. The standard InChI is InChI=1S/C10H6O2.FHO3S.2N3/c11-9-5-6-10(12)8-4-2-1-3-7(8)9;1-5(2,3)4;2*1-3-2/h1-6H;(H,2,3,4);;/q;;2*-1. The van der Waals surface area contributed by atoms with E-state index in [0.717, 1.165) is 0 Å². The molecule has 0 bridgehead atoms. The van der Waals surface area contributed by atoms with Gasteiger partial charge in [-0.3, -0.25) is 24.0 Å². The molecule has 0 heterocycles. The summed E-state index contributed by atoms with van der Waals surface area (Å²) in [4.78, 5) is 25.4. The Labute approximate surface area is 128 Å². The average Bonchev–Trinajstić information content (AvgIpc) is 2.43. The second-order valence-electron chi connectivity index (χ2n) is 3.20. The zero-order chi connectivity index (χ0) is 18.5. The van der Waals surface area contributed by atoms with Crippen molar-refractivity contribution < 1.29 is 26.4 Å². The lowest BCUT2D eigenvalue weighted by Gasteiger charge is -2.06. The van der Waals surface area contributed by atoms with Crippen LogP contribution in [0.4, 0.5) is 3.89 Å². The van der Waals surface area contributed by atoms with Gasteiger partial charge >= 0.3 is 10.5 Å². The van der Waals surface area contributed by atoms with Gasteiger partial charge in [0.15, 0.2) is 11.6 Å². The molecule has 1 aliphatic carbocycles. The van der Waals surface area contributed by atoms with Gasteiger partial charge in [0.1, 0.15) is 0 Å². The monoisotopic (exact) mass is 342 g/mol. The van der Waals surface area contributed by atoms with E-state index >= 15 is 0 Å². The third-order valence-electron chi connectivity index (χ3n) is 1.84. The van der Waals surface area contributed by atoms with Crippen molar-refractivity contribution in [2.45, 2.75) is 0 Å². The van der Waals surface area contributed by atoms with E-state index in [1.165, 1.54) is 22.0 Å². The molecule has 0 saturated carbocycles. The summed E-state index contributed by atoms with van der Waals surface area (Å²) >= 11 is 0. The molecule has 1 aromatic carbocycles. The molecular weight excluding hydrogens is 335 g/mol. The molecule has 0 radical (unpaired) electrons. The van der Waals surface area contributed by atoms with Crippen molar-refractivity contribution in [2.75, 3.05) is 0 Å². The van der Waals surface area contributed by atoms with E-state index in [2.05, 4.69) is 0 Å². The summed E-state index contributed by atoms with van der Waals surface area (Å²) in [7, 11) is -5.17. The lowest BCUT2D eigenvalue weighted by Crippen LogP contribution is -2.10. The molecular formula is C10H7FN6O5S-2. The summed E-state index contributed by atoms with van der Waals surface area (Å²) in [6, 6.07) is 6.84. The maximum atomic E-state index is 11.2. The van der Waals surface area contributed by atoms with E-state index < -0.39 is 10.5 Å². The van der Waals surface area contributed by atoms with Crippen LogP contribution in [0.2, 0.25) is 0 Å². The van der Waals surface area contributed by atoms with E-state index in [4.69, 9.17) is 35.1 Å². The number of ketones is 2. The Hall–Kier alpha value is -3.24. The lowest BCUT2D eigenvalue weighted by atomic mass is 9.95. The smallest absolute Gasteiger partial charge is 0.373 e. The molecule has 1 aliphatic rings. The first-order valence-electron chi connectivity index (χ1n) is 5.12. The van der Waals surface area contributed by atoms with Gasteiger partial charge < -0.3 is 22.1 Å². The maximum absolute atomic E-state index is 11.2. The average molecular weight is 342 g/mol. The summed E-state index contributed by atoms with van der Waals surface area (Å²) < 4.78 is 34.1. The van der Waals surface area contributed by atoms with Gasteiger partial charge in [0.2, 0.25) is 0 Å². The van der Waals surface area contributed by atoms with Crippen LogP contribution in [0.15, 0.2) is 36.4 Å². The molecule has 0 aromatic heterocycles. The van der Waals surface area contributed by atoms with Crippen LogP contribution in [-0.2, 0) is 10.5 Å². The Kier molecular flexibility index (Phi) is 10.9. The van der Waals surface area contributed by atoms with Crippen molar-refractivity contribution in [3.05, 3.63) is 79.5 Å². The van der Waals surface area contributed by atoms with E-state index in [9.17, 15) is 13.5 Å². The number of hydrogen-bond acceptors (Lipinski definition) is 4. The lowest BCUT2D eigenvalue weighted by molar-refractivity contribution is 0.0994. The molecule has 0 unspecified atom stereocenters. The molecule has 1 aromatic rings. The number of nitrogens with zero attached hydrogens (tertiary/aromatic N) is 6. The highest BCUT2D eigenvalue weighted by Crippen LogP contribution is 2.15. The van der Waals surface area contributed by atoms with Crippen LogP contribution in [0, 0.1) is 0 Å². The molecule has 0 saturated heterocycles. The summed E-state index contributed by atoms with van der Waals surface area (Å²) in [5.74, 6) is -0.185. The molecule has 0 aliphatic heterocycles. The van der Waals surface area contributed by atoms with Gasteiger partial charge in [0.05, 0.1) is 0 Å². The fourth-order valence-electron chi connectivity index (χ4n) is 1.24. The normalized spacial score (nSPS) is 10.9. The number of carbonyl (C=O) groups is 2. The Bertz CT molecular complexity index is 707. The topological polar surface area (TPSA) is 206 Å². The SMILES string of the molecule is O=C1C=CC(=O)c2ccccc21.O=S(=O)(O)F.[N-]=[N+]=[N-].[N-]=[N+]=[N-]. The molecule has 13 heteroatoms. The zero-order valence-electron chi connectivity index (χ0n) is 11.0. The third-order valence-corrected chi connectivity index (χ3v) is 1.84. The summed E-state index contributed by atoms with van der Waals surface area (Å²) in [6.45, 7) is 0. The number of allylic oxidation sites excluding steroid dienone is 2. The van der Waals surface area contributed by atoms with Crippen molar-refractivity contribution in [2.24, 2.45) is 0 Å². The molecule has 0 spiro atoms. The van der Waals surface area contributed by atoms with Crippen molar-refractivity contribution in [1.29, 1.82) is 0 Å². The van der Waals surface area contributed by atoms with Crippen LogP contribution >= 0.6 is 0 Å². The van der Waals surface area contributed by atoms with Gasteiger partial charge in [-0.1, -0.05) is 28.2 Å². The van der Waals surface area contributed by atoms with Crippen LogP contribution in [0.1, 0.15) is 20.7 Å². The first-order valence-corrected chi connectivity index (χ1v) is 6.46. The second-order valence-corrected chi connectivity index (χ2v) is 4.02. The highest BCUT2D eigenvalue weighted by atomic mass is 32.3. The maximum Gasteiger partial charge on any atom is 0.435 e. The number of hydrogen-bond donors (Lipinski definition) is 1. The van der Waals surface area contributed by atoms with Crippen LogP contribution in [0.25, 0.3) is 31.9 Å². The van der Waals surface area contributed by atoms with Crippen molar-refractivity contribution >= 4 is 22.1 Å². The summed E-state index contributed by atoms with van der Waals surface area (Å²) in [5, 5.41) is 0. The summed E-state index contributed by atoms with van der Waals surface area (Å²) in [6.07, 6.45) is 2.62. The van der Waals surface area contributed by atoms with Gasteiger partial charge in [-0.15, -0.1) is 0 Å². The predicted molar refractivity (Wildman–Crippen MR) is 77.1 cm³/mol. The molecule has 11 nitrogen and oxygen atoms in total. The summed E-state index contributed by atoms with van der Waals surface area (Å²) in [5.41, 5.74) is 28.0. The molecule has 1 N–H and O–H groups in total. The number of rotatable bonds is 0. The fraction of sp³-hybridized carbons (Fsp3) is 0. The molecule has 23 heavy (non-hydrogen) atoms. The van der Waals surface area contributed by atoms with Crippen LogP contribution in [-0.4, -0.2) is 24.5 Å². The van der Waals surface area contributed by atoms with Gasteiger partial charge in [-0.2, -0.15) is 8.42 Å². The van der Waals surface area contributed by atoms with E-state index in [1.54, 1.807) is 24.3 Å². The van der Waals surface area contributed by atoms with Crippen molar-refractivity contribution in [3.8, 4) is 0 Å². The van der Waals surface area contributed by atoms with Gasteiger partial charge in [0, 0.05) is 11.1 Å². The van der Waals surface area contributed by atoms with Gasteiger partial charge in [-0.05, 0) is 12.2 Å². The van der Waals surface area contributed by atoms with Crippen LogP contribution < -0.4 is 0 Å². The Morgan fingerprint density at radius 2 is 1.09 bits per heavy atom. The molecule has 0 atom stereocenters. The molecule has 2 rings (SSSR count). The minimum atomic E-state index is -5.17. The van der Waals surface area contributed by atoms with Crippen LogP contribution in [0.3, 0.4) is 0 Å². The predicted octanol–water partition coefficient (Wildman–Crippen LogP) is 3.11. The molecule has 0 amide bonds. The largest absolute Gasteiger partial charge is 0.435 e. The minimum absolute atomic E-state index is 0.0924. The highest BCUT2D eigenvalue weighted by molar-refractivity contribution is 7.80. The van der Waals surface area contributed by atoms with Gasteiger partial charge in [0.25, 0.3) is 0 Å². The van der Waals surface area contributed by atoms with Crippen LogP contribution in [0.5, 0.6) is 0 Å². The van der Waals surface area contributed by atoms with Gasteiger partial charge in [-0.25, -0.2) is 0 Å². The number of benzene rings is 1. The highest BCUT2D eigenvalue weighted by Gasteiger charge is 2.16. The Morgan fingerprint density at radius 1 is 0.870 bits per heavy atom. The number of fused-ring (bicyclic) bond motifs is 1. The first-order chi connectivity index (χ1) is 10.6. The molecule has 122 valence electrons. The van der Waals surface area contributed by atoms with Crippen molar-refractivity contribution in [1.82, 2.24) is 0 Å². The van der Waals surface area contributed by atoms with E-state index in [-0.39, 0.29) is 11.6 Å². The zero-order valence-corrected chi connectivity index (χ0v) is 11.8. The quantitative estimate of drug-likeness (QED) is 0.247. The second kappa shape index (κ2) is 11.4. The molecule has 0 fully saturated rings. The van der Waals surface area contributed by atoms with E-state index in [1.807, 2.05) is 0 Å². The van der Waals surface area contributed by atoms with E-state index in [0.29, 0.717) is 11.1 Å². The number of halogens is 1. The Balaban J connectivity index is 0. The Morgan fingerprint density at radius 3 is 1.30 bits per heavy atom. The minimum Gasteiger partial charge on any atom is -0.373 e. The van der Waals surface area contributed by atoms with Crippen molar-refractivity contribution in [3.63, 3.8) is 0 Å².